The Hall–Kier alpha value is -3.45. The molecule has 3 aromatic rings. The lowest BCUT2D eigenvalue weighted by Gasteiger charge is -2.23. The van der Waals surface area contributed by atoms with Crippen molar-refractivity contribution in [1.82, 2.24) is 19.6 Å². The van der Waals surface area contributed by atoms with Crippen molar-refractivity contribution in [2.45, 2.75) is 36.3 Å². The highest BCUT2D eigenvalue weighted by molar-refractivity contribution is 7.89. The molecule has 1 aliphatic rings. The summed E-state index contributed by atoms with van der Waals surface area (Å²) in [5.41, 5.74) is 0.139. The summed E-state index contributed by atoms with van der Waals surface area (Å²) in [5, 5.41) is 2.53. The number of amides is 1. The maximum Gasteiger partial charge on any atom is 0.417 e. The van der Waals surface area contributed by atoms with Crippen molar-refractivity contribution in [3.63, 3.8) is 0 Å². The van der Waals surface area contributed by atoms with Crippen molar-refractivity contribution < 1.29 is 35.2 Å². The van der Waals surface area contributed by atoms with E-state index in [0.29, 0.717) is 17.5 Å². The number of carbonyl (C=O) groups is 1. The molecule has 13 heteroatoms. The fourth-order valence-electron chi connectivity index (χ4n) is 3.76. The third-order valence-electron chi connectivity index (χ3n) is 5.57. The van der Waals surface area contributed by atoms with E-state index in [1.807, 2.05) is 0 Å². The van der Waals surface area contributed by atoms with Crippen LogP contribution in [0.3, 0.4) is 0 Å². The van der Waals surface area contributed by atoms with Crippen LogP contribution in [0.15, 0.2) is 65.8 Å². The fraction of sp³-hybridized carbons (Fsp3) is 0.261. The molecule has 4 rings (SSSR count). The van der Waals surface area contributed by atoms with Gasteiger partial charge in [-0.05, 0) is 48.5 Å². The first kappa shape index (κ1) is 25.6. The van der Waals surface area contributed by atoms with Crippen LogP contribution >= 0.6 is 0 Å². The number of carbonyl (C=O) groups excluding carboxylic acids is 1. The van der Waals surface area contributed by atoms with Crippen LogP contribution in [0.2, 0.25) is 0 Å². The molecule has 1 amide bonds. The summed E-state index contributed by atoms with van der Waals surface area (Å²) in [6, 6.07) is 7.80. The Labute approximate surface area is 203 Å². The van der Waals surface area contributed by atoms with Crippen molar-refractivity contribution in [2.75, 3.05) is 6.54 Å². The molecule has 1 aromatic carbocycles. The van der Waals surface area contributed by atoms with Crippen LogP contribution in [0.1, 0.15) is 17.7 Å². The molecule has 0 saturated carbocycles. The number of aromatic nitrogens is 2. The summed E-state index contributed by atoms with van der Waals surface area (Å²) in [7, 11) is -4.26. The molecule has 2 unspecified atom stereocenters. The number of nitrogens with one attached hydrogen (secondary N) is 1. The molecule has 2 aromatic heterocycles. The summed E-state index contributed by atoms with van der Waals surface area (Å²) in [6.07, 6.45) is -4.34. The maximum absolute atomic E-state index is 14.2. The van der Waals surface area contributed by atoms with Gasteiger partial charge in [0.05, 0.1) is 28.4 Å². The van der Waals surface area contributed by atoms with Crippen LogP contribution < -0.4 is 5.32 Å². The van der Waals surface area contributed by atoms with Gasteiger partial charge in [0.15, 0.2) is 0 Å². The highest BCUT2D eigenvalue weighted by Gasteiger charge is 2.44. The highest BCUT2D eigenvalue weighted by atomic mass is 32.2. The zero-order chi connectivity index (χ0) is 26.1. The van der Waals surface area contributed by atoms with Gasteiger partial charge < -0.3 is 5.32 Å². The lowest BCUT2D eigenvalue weighted by Crippen LogP contribution is -2.45. The molecular formula is C23H19F5N4O3S. The van der Waals surface area contributed by atoms with E-state index >= 15 is 0 Å². The van der Waals surface area contributed by atoms with Gasteiger partial charge >= 0.3 is 6.18 Å². The molecule has 190 valence electrons. The Morgan fingerprint density at radius 1 is 1.08 bits per heavy atom. The normalized spacial score (nSPS) is 18.8. The smallest absolute Gasteiger partial charge is 0.349 e. The number of hydrogen-bond acceptors (Lipinski definition) is 5. The van der Waals surface area contributed by atoms with Gasteiger partial charge in [0.2, 0.25) is 15.9 Å². The monoisotopic (exact) mass is 526 g/mol. The van der Waals surface area contributed by atoms with Crippen molar-refractivity contribution in [3.05, 3.63) is 78.0 Å². The zero-order valence-corrected chi connectivity index (χ0v) is 19.2. The summed E-state index contributed by atoms with van der Waals surface area (Å²) in [4.78, 5) is 20.4. The van der Waals surface area contributed by atoms with Crippen LogP contribution in [0.25, 0.3) is 11.3 Å². The van der Waals surface area contributed by atoms with Crippen LogP contribution in [-0.2, 0) is 27.5 Å². The van der Waals surface area contributed by atoms with E-state index in [1.54, 1.807) is 0 Å². The molecule has 0 spiro atoms. The van der Waals surface area contributed by atoms with E-state index in [0.717, 1.165) is 34.6 Å². The Bertz CT molecular complexity index is 1350. The number of pyridine rings is 2. The van der Waals surface area contributed by atoms with Gasteiger partial charge in [-0.25, -0.2) is 17.2 Å². The van der Waals surface area contributed by atoms with Gasteiger partial charge in [0.25, 0.3) is 0 Å². The largest absolute Gasteiger partial charge is 0.417 e. The number of halogens is 5. The molecule has 36 heavy (non-hydrogen) atoms. The van der Waals surface area contributed by atoms with Gasteiger partial charge in [-0.3, -0.25) is 14.8 Å². The molecule has 1 N–H and O–H groups in total. The molecule has 1 saturated heterocycles. The minimum absolute atomic E-state index is 0.148. The topological polar surface area (TPSA) is 92.3 Å². The van der Waals surface area contributed by atoms with E-state index in [1.165, 1.54) is 24.4 Å². The minimum Gasteiger partial charge on any atom is -0.349 e. The van der Waals surface area contributed by atoms with Crippen molar-refractivity contribution in [2.24, 2.45) is 0 Å². The first-order chi connectivity index (χ1) is 16.9. The number of sulfonamides is 1. The van der Waals surface area contributed by atoms with E-state index < -0.39 is 52.2 Å². The molecule has 2 atom stereocenters. The molecule has 1 fully saturated rings. The third kappa shape index (κ3) is 5.51. The molecule has 0 bridgehead atoms. The summed E-state index contributed by atoms with van der Waals surface area (Å²) in [6.45, 7) is -0.670. The zero-order valence-electron chi connectivity index (χ0n) is 18.4. The predicted octanol–water partition coefficient (Wildman–Crippen LogP) is 3.72. The lowest BCUT2D eigenvalue weighted by atomic mass is 10.1. The molecule has 3 heterocycles. The summed E-state index contributed by atoms with van der Waals surface area (Å²) < 4.78 is 92.3. The highest BCUT2D eigenvalue weighted by Crippen LogP contribution is 2.30. The predicted molar refractivity (Wildman–Crippen MR) is 118 cm³/mol. The molecule has 7 nitrogen and oxygen atoms in total. The second kappa shape index (κ2) is 9.90. The Morgan fingerprint density at radius 3 is 2.44 bits per heavy atom. The van der Waals surface area contributed by atoms with Gasteiger partial charge in [-0.1, -0.05) is 0 Å². The number of hydrogen-bond donors (Lipinski definition) is 1. The molecule has 0 aliphatic carbocycles. The molecular weight excluding hydrogens is 507 g/mol. The summed E-state index contributed by atoms with van der Waals surface area (Å²) in [5.74, 6) is -1.39. The number of rotatable bonds is 6. The number of alkyl halides is 4. The van der Waals surface area contributed by atoms with E-state index in [4.69, 9.17) is 0 Å². The van der Waals surface area contributed by atoms with Gasteiger partial charge in [0.1, 0.15) is 18.0 Å². The van der Waals surface area contributed by atoms with Crippen LogP contribution in [-0.4, -0.2) is 47.4 Å². The van der Waals surface area contributed by atoms with E-state index in [-0.39, 0.29) is 23.6 Å². The third-order valence-corrected chi connectivity index (χ3v) is 7.46. The van der Waals surface area contributed by atoms with E-state index in [9.17, 15) is 35.2 Å². The first-order valence-electron chi connectivity index (χ1n) is 10.6. The standard InChI is InChI=1S/C23H19F5N4O3S/c24-16-2-4-19(5-3-16)36(34,35)32-13-17(25)10-21(32)22(33)31-12-18-9-14(7-8-29-18)20-6-1-15(11-30-20)23(26,27)28/h1-9,11,17,21H,10,12-13H2,(H,31,33). The second-order valence-corrected chi connectivity index (χ2v) is 9.95. The average molecular weight is 526 g/mol. The first-order valence-corrected chi connectivity index (χ1v) is 12.1. The Morgan fingerprint density at radius 2 is 1.81 bits per heavy atom. The van der Waals surface area contributed by atoms with Gasteiger partial charge in [-0.15, -0.1) is 0 Å². The van der Waals surface area contributed by atoms with Crippen LogP contribution in [0.5, 0.6) is 0 Å². The van der Waals surface area contributed by atoms with Gasteiger partial charge in [-0.2, -0.15) is 17.5 Å². The second-order valence-electron chi connectivity index (χ2n) is 8.06. The Kier molecular flexibility index (Phi) is 7.05. The van der Waals surface area contributed by atoms with Crippen molar-refractivity contribution in [3.8, 4) is 11.3 Å². The van der Waals surface area contributed by atoms with E-state index in [2.05, 4.69) is 15.3 Å². The maximum atomic E-state index is 14.2. The van der Waals surface area contributed by atoms with Crippen LogP contribution in [0.4, 0.5) is 22.0 Å². The summed E-state index contributed by atoms with van der Waals surface area (Å²) >= 11 is 0. The SMILES string of the molecule is O=C(NCc1cc(-c2ccc(C(F)(F)F)cn2)ccn1)C1CC(F)CN1S(=O)(=O)c1ccc(F)cc1. The Balaban J connectivity index is 1.46. The number of nitrogens with zero attached hydrogens (tertiary/aromatic N) is 3. The van der Waals surface area contributed by atoms with Crippen LogP contribution in [0, 0.1) is 5.82 Å². The van der Waals surface area contributed by atoms with Gasteiger partial charge in [0, 0.05) is 30.9 Å². The van der Waals surface area contributed by atoms with Crippen molar-refractivity contribution in [1.29, 1.82) is 0 Å². The lowest BCUT2D eigenvalue weighted by molar-refractivity contribution is -0.137. The molecule has 0 radical (unpaired) electrons. The van der Waals surface area contributed by atoms with Crippen molar-refractivity contribution >= 4 is 15.9 Å². The quantitative estimate of drug-likeness (QED) is 0.495. The fourth-order valence-corrected chi connectivity index (χ4v) is 5.39. The average Bonchev–Trinajstić information content (AvgIpc) is 3.25. The number of benzene rings is 1. The minimum atomic E-state index is -4.52. The molecule has 1 aliphatic heterocycles.